The number of ether oxygens (including phenoxy) is 2. The maximum Gasteiger partial charge on any atom is 0.410 e. The molecule has 0 saturated carbocycles. The number of methoxy groups -OCH3 is 1. The van der Waals surface area contributed by atoms with Crippen molar-refractivity contribution in [2.75, 3.05) is 26.5 Å². The summed E-state index contributed by atoms with van der Waals surface area (Å²) < 4.78 is 39.0. The van der Waals surface area contributed by atoms with Gasteiger partial charge < -0.3 is 14.4 Å². The topological polar surface area (TPSA) is 106 Å². The molecule has 1 saturated heterocycles. The van der Waals surface area contributed by atoms with Gasteiger partial charge in [0.05, 0.1) is 24.0 Å². The van der Waals surface area contributed by atoms with Gasteiger partial charge in [0.15, 0.2) is 0 Å². The van der Waals surface area contributed by atoms with Crippen molar-refractivity contribution in [3.05, 3.63) is 27.8 Å². The fraction of sp³-hybridized carbons (Fsp3) is 0.579. The zero-order valence-electron chi connectivity index (χ0n) is 17.3. The summed E-state index contributed by atoms with van der Waals surface area (Å²) in [5.74, 6) is 0.117. The van der Waals surface area contributed by atoms with Crippen LogP contribution in [0.15, 0.2) is 6.07 Å². The Balaban J connectivity index is 2.39. The van der Waals surface area contributed by atoms with Crippen LogP contribution in [-0.2, 0) is 19.0 Å². The first-order chi connectivity index (χ1) is 13.3. The smallest absolute Gasteiger partial charge is 0.410 e. The van der Waals surface area contributed by atoms with E-state index in [1.807, 2.05) is 0 Å². The Morgan fingerprint density at radius 2 is 1.97 bits per heavy atom. The highest BCUT2D eigenvalue weighted by Gasteiger charge is 2.39. The van der Waals surface area contributed by atoms with Crippen LogP contribution in [0.2, 0.25) is 5.02 Å². The molecule has 1 unspecified atom stereocenters. The summed E-state index contributed by atoms with van der Waals surface area (Å²) in [5, 5.41) is 9.77. The standard InChI is InChI=1S/C19H25ClN2O6S/c1-11(28-29(6,24)25)13-7-15(20)14(8-21)16(17(13)26-5)12-9-22(10-12)18(23)27-19(2,3)4/h7,11-12H,9-10H2,1-6H3. The molecule has 1 aromatic rings. The van der Waals surface area contributed by atoms with Crippen LogP contribution >= 0.6 is 11.6 Å². The number of likely N-dealkylation sites (tertiary alicyclic amines) is 1. The van der Waals surface area contributed by atoms with Crippen molar-refractivity contribution in [1.29, 1.82) is 5.26 Å². The lowest BCUT2D eigenvalue weighted by atomic mass is 9.85. The summed E-state index contributed by atoms with van der Waals surface area (Å²) in [6, 6.07) is 3.55. The molecule has 1 amide bonds. The predicted octanol–water partition coefficient (Wildman–Crippen LogP) is 3.59. The quantitative estimate of drug-likeness (QED) is 0.638. The van der Waals surface area contributed by atoms with Gasteiger partial charge in [0.25, 0.3) is 10.1 Å². The SMILES string of the molecule is COc1c(C(C)OS(C)(=O)=O)cc(Cl)c(C#N)c1C1CN(C(=O)OC(C)(C)C)C1. The summed E-state index contributed by atoms with van der Waals surface area (Å²) in [6.07, 6.45) is -0.361. The van der Waals surface area contributed by atoms with Crippen molar-refractivity contribution < 1.29 is 26.9 Å². The Hall–Kier alpha value is -2.02. The molecule has 29 heavy (non-hydrogen) atoms. The number of benzene rings is 1. The van der Waals surface area contributed by atoms with E-state index in [0.29, 0.717) is 30.0 Å². The van der Waals surface area contributed by atoms with Crippen LogP contribution in [-0.4, -0.2) is 51.5 Å². The molecule has 0 bridgehead atoms. The first-order valence-electron chi connectivity index (χ1n) is 8.94. The van der Waals surface area contributed by atoms with E-state index in [1.165, 1.54) is 18.1 Å². The maximum absolute atomic E-state index is 12.2. The number of halogens is 1. The lowest BCUT2D eigenvalue weighted by Crippen LogP contribution is -2.50. The van der Waals surface area contributed by atoms with Crippen molar-refractivity contribution in [3.8, 4) is 11.8 Å². The second-order valence-electron chi connectivity index (χ2n) is 7.91. The number of carbonyl (C=O) groups excluding carboxylic acids is 1. The minimum Gasteiger partial charge on any atom is -0.496 e. The van der Waals surface area contributed by atoms with E-state index in [2.05, 4.69) is 6.07 Å². The van der Waals surface area contributed by atoms with Gasteiger partial charge in [-0.25, -0.2) is 4.79 Å². The fourth-order valence-corrected chi connectivity index (χ4v) is 4.05. The van der Waals surface area contributed by atoms with E-state index in [0.717, 1.165) is 6.26 Å². The van der Waals surface area contributed by atoms with Crippen molar-refractivity contribution >= 4 is 27.8 Å². The number of hydrogen-bond donors (Lipinski definition) is 0. The number of hydrogen-bond acceptors (Lipinski definition) is 7. The molecule has 0 N–H and O–H groups in total. The van der Waals surface area contributed by atoms with Crippen LogP contribution in [0.1, 0.15) is 56.4 Å². The summed E-state index contributed by atoms with van der Waals surface area (Å²) in [4.78, 5) is 13.7. The highest BCUT2D eigenvalue weighted by Crippen LogP contribution is 2.44. The zero-order valence-corrected chi connectivity index (χ0v) is 18.8. The van der Waals surface area contributed by atoms with E-state index in [-0.39, 0.29) is 16.5 Å². The Morgan fingerprint density at radius 3 is 2.41 bits per heavy atom. The van der Waals surface area contributed by atoms with Crippen molar-refractivity contribution in [3.63, 3.8) is 0 Å². The number of rotatable bonds is 5. The van der Waals surface area contributed by atoms with Crippen LogP contribution in [0.4, 0.5) is 4.79 Å². The monoisotopic (exact) mass is 444 g/mol. The van der Waals surface area contributed by atoms with Gasteiger partial charge in [-0.15, -0.1) is 0 Å². The maximum atomic E-state index is 12.2. The molecule has 1 aromatic carbocycles. The molecule has 160 valence electrons. The van der Waals surface area contributed by atoms with Gasteiger partial charge in [-0.1, -0.05) is 11.6 Å². The minimum absolute atomic E-state index is 0.165. The molecular formula is C19H25ClN2O6S. The summed E-state index contributed by atoms with van der Waals surface area (Å²) in [5.41, 5.74) is 0.556. The minimum atomic E-state index is -3.72. The number of nitrogens with zero attached hydrogens (tertiary/aromatic N) is 2. The van der Waals surface area contributed by atoms with Crippen LogP contribution in [0.3, 0.4) is 0 Å². The molecule has 1 aliphatic rings. The Labute approximate surface area is 176 Å². The summed E-state index contributed by atoms with van der Waals surface area (Å²) in [6.45, 7) is 7.54. The molecule has 0 radical (unpaired) electrons. The van der Waals surface area contributed by atoms with Gasteiger partial charge in [-0.3, -0.25) is 4.18 Å². The lowest BCUT2D eigenvalue weighted by molar-refractivity contribution is 0.00794. The molecule has 2 rings (SSSR count). The molecule has 8 nitrogen and oxygen atoms in total. The molecule has 10 heteroatoms. The fourth-order valence-electron chi connectivity index (χ4n) is 3.16. The average molecular weight is 445 g/mol. The highest BCUT2D eigenvalue weighted by atomic mass is 35.5. The second kappa shape index (κ2) is 8.38. The van der Waals surface area contributed by atoms with E-state index < -0.39 is 27.9 Å². The second-order valence-corrected chi connectivity index (χ2v) is 9.91. The first-order valence-corrected chi connectivity index (χ1v) is 11.1. The van der Waals surface area contributed by atoms with Gasteiger partial charge in [-0.05, 0) is 33.8 Å². The van der Waals surface area contributed by atoms with Crippen LogP contribution < -0.4 is 4.74 Å². The number of carbonyl (C=O) groups is 1. The van der Waals surface area contributed by atoms with Gasteiger partial charge >= 0.3 is 6.09 Å². The van der Waals surface area contributed by atoms with Crippen molar-refractivity contribution in [2.24, 2.45) is 0 Å². The van der Waals surface area contributed by atoms with Gasteiger partial charge in [0.1, 0.15) is 23.5 Å². The average Bonchev–Trinajstić information content (AvgIpc) is 2.49. The van der Waals surface area contributed by atoms with Crippen LogP contribution in [0.5, 0.6) is 5.75 Å². The van der Waals surface area contributed by atoms with E-state index in [1.54, 1.807) is 27.7 Å². The number of nitriles is 1. The summed E-state index contributed by atoms with van der Waals surface area (Å²) >= 11 is 6.30. The molecule has 1 aliphatic heterocycles. The molecule has 0 aromatic heterocycles. The first kappa shape index (κ1) is 23.3. The normalized spacial score (nSPS) is 16.0. The molecule has 1 fully saturated rings. The molecule has 1 atom stereocenters. The van der Waals surface area contributed by atoms with E-state index in [4.69, 9.17) is 25.3 Å². The lowest BCUT2D eigenvalue weighted by Gasteiger charge is -2.41. The Bertz CT molecular complexity index is 943. The van der Waals surface area contributed by atoms with E-state index >= 15 is 0 Å². The third-order valence-corrected chi connectivity index (χ3v) is 5.25. The molecule has 0 spiro atoms. The van der Waals surface area contributed by atoms with Gasteiger partial charge in [0, 0.05) is 30.1 Å². The summed E-state index contributed by atoms with van der Waals surface area (Å²) in [7, 11) is -2.29. The van der Waals surface area contributed by atoms with Gasteiger partial charge in [0.2, 0.25) is 0 Å². The van der Waals surface area contributed by atoms with Crippen LogP contribution in [0.25, 0.3) is 0 Å². The molecular weight excluding hydrogens is 420 g/mol. The molecule has 0 aliphatic carbocycles. The van der Waals surface area contributed by atoms with Crippen molar-refractivity contribution in [2.45, 2.75) is 45.3 Å². The van der Waals surface area contributed by atoms with Crippen LogP contribution in [0, 0.1) is 11.3 Å². The predicted molar refractivity (Wildman–Crippen MR) is 108 cm³/mol. The third-order valence-electron chi connectivity index (χ3n) is 4.31. The molecule has 1 heterocycles. The Kier molecular flexibility index (Phi) is 6.72. The van der Waals surface area contributed by atoms with Crippen molar-refractivity contribution in [1.82, 2.24) is 4.90 Å². The largest absolute Gasteiger partial charge is 0.496 e. The Morgan fingerprint density at radius 1 is 1.38 bits per heavy atom. The van der Waals surface area contributed by atoms with E-state index in [9.17, 15) is 18.5 Å². The number of amides is 1. The highest BCUT2D eigenvalue weighted by molar-refractivity contribution is 7.86. The van der Waals surface area contributed by atoms with Gasteiger partial charge in [-0.2, -0.15) is 13.7 Å². The third kappa shape index (κ3) is 5.53. The zero-order chi connectivity index (χ0) is 22.1.